The van der Waals surface area contributed by atoms with Gasteiger partial charge in [0.05, 0.1) is 0 Å². The number of likely N-dealkylation sites (tertiary alicyclic amines) is 1. The van der Waals surface area contributed by atoms with Gasteiger partial charge in [0, 0.05) is 31.0 Å². The molecule has 138 valence electrons. The Morgan fingerprint density at radius 1 is 1.04 bits per heavy atom. The van der Waals surface area contributed by atoms with Crippen LogP contribution < -0.4 is 10.6 Å². The van der Waals surface area contributed by atoms with Gasteiger partial charge in [0.25, 0.3) is 0 Å². The van der Waals surface area contributed by atoms with Crippen molar-refractivity contribution >= 4 is 24.2 Å². The van der Waals surface area contributed by atoms with Crippen molar-refractivity contribution < 1.29 is 9.59 Å². The number of hydrogen-bond donors (Lipinski definition) is 2. The van der Waals surface area contributed by atoms with Crippen LogP contribution in [0.5, 0.6) is 0 Å². The predicted octanol–water partition coefficient (Wildman–Crippen LogP) is 1.95. The van der Waals surface area contributed by atoms with Crippen molar-refractivity contribution in [3.63, 3.8) is 0 Å². The van der Waals surface area contributed by atoms with Crippen molar-refractivity contribution in [2.45, 2.75) is 57.9 Å². The number of halogens is 1. The van der Waals surface area contributed by atoms with Gasteiger partial charge in [0.2, 0.25) is 11.8 Å². The average Bonchev–Trinajstić information content (AvgIpc) is 2.53. The average molecular weight is 358 g/mol. The topological polar surface area (TPSA) is 61.4 Å². The first-order valence-electron chi connectivity index (χ1n) is 9.45. The van der Waals surface area contributed by atoms with Gasteiger partial charge in [-0.2, -0.15) is 0 Å². The van der Waals surface area contributed by atoms with Gasteiger partial charge < -0.3 is 15.5 Å². The minimum atomic E-state index is 0. The third-order valence-corrected chi connectivity index (χ3v) is 6.04. The summed E-state index contributed by atoms with van der Waals surface area (Å²) in [5, 5.41) is 6.48. The Morgan fingerprint density at radius 2 is 1.67 bits per heavy atom. The summed E-state index contributed by atoms with van der Waals surface area (Å²) in [5.41, 5.74) is 0. The van der Waals surface area contributed by atoms with Crippen LogP contribution in [0.4, 0.5) is 0 Å². The minimum Gasteiger partial charge on any atom is -0.353 e. The van der Waals surface area contributed by atoms with Crippen molar-refractivity contribution in [2.24, 2.45) is 17.8 Å². The summed E-state index contributed by atoms with van der Waals surface area (Å²) >= 11 is 0. The molecule has 0 aromatic heterocycles. The molecule has 1 atom stereocenters. The summed E-state index contributed by atoms with van der Waals surface area (Å²) in [6.45, 7) is 5.47. The molecule has 3 aliphatic rings. The molecule has 1 unspecified atom stereocenters. The molecule has 2 aliphatic heterocycles. The maximum atomic E-state index is 12.5. The van der Waals surface area contributed by atoms with E-state index in [2.05, 4.69) is 17.6 Å². The van der Waals surface area contributed by atoms with Crippen molar-refractivity contribution in [3.8, 4) is 0 Å². The molecule has 0 aromatic rings. The van der Waals surface area contributed by atoms with Crippen molar-refractivity contribution in [1.82, 2.24) is 15.5 Å². The van der Waals surface area contributed by atoms with Crippen LogP contribution in [0.3, 0.4) is 0 Å². The van der Waals surface area contributed by atoms with Crippen molar-refractivity contribution in [2.75, 3.05) is 26.2 Å². The monoisotopic (exact) mass is 357 g/mol. The Bertz CT molecular complexity index is 428. The van der Waals surface area contributed by atoms with Crippen LogP contribution in [0.2, 0.25) is 0 Å². The molecule has 2 amide bonds. The lowest BCUT2D eigenvalue weighted by molar-refractivity contribution is -0.140. The first-order valence-corrected chi connectivity index (χ1v) is 9.45. The Balaban J connectivity index is 0.00000208. The molecule has 2 N–H and O–H groups in total. The summed E-state index contributed by atoms with van der Waals surface area (Å²) < 4.78 is 0. The highest BCUT2D eigenvalue weighted by Crippen LogP contribution is 2.24. The molecule has 3 rings (SSSR count). The Labute approximate surface area is 151 Å². The normalized spacial score (nSPS) is 24.6. The molecule has 0 bridgehead atoms. The fraction of sp³-hybridized carbons (Fsp3) is 0.889. The maximum absolute atomic E-state index is 12.5. The van der Waals surface area contributed by atoms with Crippen LogP contribution in [0.1, 0.15) is 51.9 Å². The molecule has 0 radical (unpaired) electrons. The Kier molecular flexibility index (Phi) is 7.35. The molecular weight excluding hydrogens is 326 g/mol. The minimum absolute atomic E-state index is 0. The summed E-state index contributed by atoms with van der Waals surface area (Å²) in [6, 6.07) is 0.391. The summed E-state index contributed by atoms with van der Waals surface area (Å²) in [7, 11) is 0. The van der Waals surface area contributed by atoms with Crippen LogP contribution >= 0.6 is 12.4 Å². The van der Waals surface area contributed by atoms with Crippen LogP contribution in [0.15, 0.2) is 0 Å². The first-order chi connectivity index (χ1) is 11.1. The van der Waals surface area contributed by atoms with E-state index in [-0.39, 0.29) is 36.1 Å². The molecule has 6 heteroatoms. The van der Waals surface area contributed by atoms with Gasteiger partial charge in [-0.25, -0.2) is 0 Å². The number of carbonyl (C=O) groups is 2. The fourth-order valence-electron chi connectivity index (χ4n) is 4.08. The molecule has 1 saturated carbocycles. The van der Waals surface area contributed by atoms with Gasteiger partial charge >= 0.3 is 0 Å². The number of nitrogens with one attached hydrogen (secondary N) is 2. The van der Waals surface area contributed by atoms with E-state index in [1.54, 1.807) is 0 Å². The molecule has 0 aromatic carbocycles. The lowest BCUT2D eigenvalue weighted by Gasteiger charge is -2.38. The zero-order valence-electron chi connectivity index (χ0n) is 14.8. The second-order valence-electron chi connectivity index (χ2n) is 7.65. The van der Waals surface area contributed by atoms with Gasteiger partial charge in [0.1, 0.15) is 0 Å². The molecule has 2 heterocycles. The Hall–Kier alpha value is -0.810. The van der Waals surface area contributed by atoms with Crippen LogP contribution in [0, 0.1) is 17.8 Å². The molecule has 1 aliphatic carbocycles. The highest BCUT2D eigenvalue weighted by Gasteiger charge is 2.34. The van der Waals surface area contributed by atoms with Gasteiger partial charge in [-0.3, -0.25) is 9.59 Å². The standard InChI is InChI=1S/C18H31N3O2.ClH/c1-13(15-11-19-12-15)18(23)21-9-7-14(8-10-21)17(22)20-16-5-3-2-4-6-16;/h13-16,19H,2-12H2,1H3,(H,20,22);1H. The Morgan fingerprint density at radius 3 is 2.21 bits per heavy atom. The molecule has 2 saturated heterocycles. The summed E-state index contributed by atoms with van der Waals surface area (Å²) in [6.07, 6.45) is 7.70. The predicted molar refractivity (Wildman–Crippen MR) is 97.1 cm³/mol. The van der Waals surface area contributed by atoms with Gasteiger partial charge in [-0.15, -0.1) is 12.4 Å². The zero-order chi connectivity index (χ0) is 16.2. The smallest absolute Gasteiger partial charge is 0.225 e. The lowest BCUT2D eigenvalue weighted by Crippen LogP contribution is -2.52. The van der Waals surface area contributed by atoms with E-state index in [1.165, 1.54) is 19.3 Å². The molecule has 24 heavy (non-hydrogen) atoms. The third kappa shape index (κ3) is 4.63. The lowest BCUT2D eigenvalue weighted by atomic mass is 9.86. The second-order valence-corrected chi connectivity index (χ2v) is 7.65. The van der Waals surface area contributed by atoms with Gasteiger partial charge in [-0.05, 0) is 44.7 Å². The fourth-order valence-corrected chi connectivity index (χ4v) is 4.08. The number of carbonyl (C=O) groups excluding carboxylic acids is 2. The van der Waals surface area contributed by atoms with E-state index in [4.69, 9.17) is 0 Å². The van der Waals surface area contributed by atoms with Crippen molar-refractivity contribution in [3.05, 3.63) is 0 Å². The van der Waals surface area contributed by atoms with Crippen molar-refractivity contribution in [1.29, 1.82) is 0 Å². The first kappa shape index (κ1) is 19.5. The third-order valence-electron chi connectivity index (χ3n) is 6.04. The highest BCUT2D eigenvalue weighted by molar-refractivity contribution is 5.85. The van der Waals surface area contributed by atoms with Gasteiger partial charge in [-0.1, -0.05) is 26.2 Å². The van der Waals surface area contributed by atoms with E-state index in [0.717, 1.165) is 51.9 Å². The quantitative estimate of drug-likeness (QED) is 0.808. The van der Waals surface area contributed by atoms with Gasteiger partial charge in [0.15, 0.2) is 0 Å². The number of amides is 2. The van der Waals surface area contributed by atoms with E-state index in [0.29, 0.717) is 12.0 Å². The van der Waals surface area contributed by atoms with E-state index in [1.807, 2.05) is 4.90 Å². The van der Waals surface area contributed by atoms with Crippen LogP contribution in [-0.2, 0) is 9.59 Å². The van der Waals surface area contributed by atoms with Crippen LogP contribution in [0.25, 0.3) is 0 Å². The maximum Gasteiger partial charge on any atom is 0.225 e. The number of hydrogen-bond acceptors (Lipinski definition) is 3. The van der Waals surface area contributed by atoms with Crippen LogP contribution in [-0.4, -0.2) is 48.9 Å². The summed E-state index contributed by atoms with van der Waals surface area (Å²) in [5.74, 6) is 1.21. The second kappa shape index (κ2) is 9.04. The largest absolute Gasteiger partial charge is 0.353 e. The number of nitrogens with zero attached hydrogens (tertiary/aromatic N) is 1. The molecular formula is C18H32ClN3O2. The number of piperidine rings is 1. The zero-order valence-corrected chi connectivity index (χ0v) is 15.6. The number of rotatable bonds is 4. The van der Waals surface area contributed by atoms with E-state index >= 15 is 0 Å². The SMILES string of the molecule is CC(C(=O)N1CCC(C(=O)NC2CCCCC2)CC1)C1CNC1.Cl. The summed E-state index contributed by atoms with van der Waals surface area (Å²) in [4.78, 5) is 26.9. The van der Waals surface area contributed by atoms with E-state index in [9.17, 15) is 9.59 Å². The highest BCUT2D eigenvalue weighted by atomic mass is 35.5. The molecule has 5 nitrogen and oxygen atoms in total. The molecule has 0 spiro atoms. The molecule has 3 fully saturated rings. The van der Waals surface area contributed by atoms with E-state index < -0.39 is 0 Å².